The molecule has 2 N–H and O–H groups in total. The van der Waals surface area contributed by atoms with E-state index in [4.69, 9.17) is 5.11 Å². The Labute approximate surface area is 103 Å². The molecular formula is C11H14N2O3S. The highest BCUT2D eigenvalue weighted by Gasteiger charge is 2.32. The van der Waals surface area contributed by atoms with E-state index < -0.39 is 5.97 Å². The summed E-state index contributed by atoms with van der Waals surface area (Å²) in [5.41, 5.74) is 2.00. The third kappa shape index (κ3) is 2.82. The number of carboxylic acids is 1. The molecule has 0 aromatic carbocycles. The summed E-state index contributed by atoms with van der Waals surface area (Å²) in [6, 6.07) is 0. The molecule has 0 spiro atoms. The van der Waals surface area contributed by atoms with E-state index in [1.165, 1.54) is 11.3 Å². The van der Waals surface area contributed by atoms with Crippen molar-refractivity contribution in [3.63, 3.8) is 0 Å². The van der Waals surface area contributed by atoms with Crippen molar-refractivity contribution < 1.29 is 14.7 Å². The Hall–Kier alpha value is -1.43. The number of hydrogen-bond donors (Lipinski definition) is 2. The van der Waals surface area contributed by atoms with Gasteiger partial charge in [0.15, 0.2) is 0 Å². The number of carbonyl (C=O) groups excluding carboxylic acids is 1. The number of thiazole rings is 1. The number of aromatic nitrogens is 1. The molecule has 1 aromatic heterocycles. The molecule has 1 aromatic rings. The van der Waals surface area contributed by atoms with Crippen LogP contribution in [0, 0.1) is 11.8 Å². The van der Waals surface area contributed by atoms with E-state index in [-0.39, 0.29) is 17.7 Å². The maximum atomic E-state index is 11.6. The Bertz CT molecular complexity index is 405. The predicted octanol–water partition coefficient (Wildman–Crippen LogP) is 1.37. The second-order valence-corrected chi connectivity index (χ2v) is 4.94. The zero-order valence-corrected chi connectivity index (χ0v) is 10.1. The van der Waals surface area contributed by atoms with E-state index in [1.807, 2.05) is 0 Å². The van der Waals surface area contributed by atoms with Crippen LogP contribution in [0.2, 0.25) is 0 Å². The highest BCUT2D eigenvalue weighted by Crippen LogP contribution is 2.31. The van der Waals surface area contributed by atoms with Crippen LogP contribution < -0.4 is 5.32 Å². The van der Waals surface area contributed by atoms with Gasteiger partial charge < -0.3 is 10.4 Å². The van der Waals surface area contributed by atoms with Crippen molar-refractivity contribution in [1.29, 1.82) is 0 Å². The van der Waals surface area contributed by atoms with Crippen LogP contribution in [-0.4, -0.2) is 28.5 Å². The highest BCUT2D eigenvalue weighted by molar-refractivity contribution is 7.07. The number of nitrogens with zero attached hydrogens (tertiary/aromatic N) is 1. The standard InChI is InChI=1S/C11H14N2O3S/c14-10(9-5-17-6-13-9)12-4-7-2-1-3-8(7)11(15)16/h5-8H,1-4H2,(H,12,14)(H,15,16). The van der Waals surface area contributed by atoms with E-state index in [2.05, 4.69) is 10.3 Å². The van der Waals surface area contributed by atoms with Crippen LogP contribution in [0.1, 0.15) is 29.8 Å². The van der Waals surface area contributed by atoms with Gasteiger partial charge in [-0.25, -0.2) is 4.98 Å². The van der Waals surface area contributed by atoms with E-state index >= 15 is 0 Å². The summed E-state index contributed by atoms with van der Waals surface area (Å²) in [5.74, 6) is -1.24. The predicted molar refractivity (Wildman–Crippen MR) is 62.9 cm³/mol. The van der Waals surface area contributed by atoms with Gasteiger partial charge in [-0.15, -0.1) is 11.3 Å². The first kappa shape index (κ1) is 12.0. The van der Waals surface area contributed by atoms with Crippen LogP contribution in [0.4, 0.5) is 0 Å². The van der Waals surface area contributed by atoms with Crippen molar-refractivity contribution in [3.05, 3.63) is 16.6 Å². The lowest BCUT2D eigenvalue weighted by Crippen LogP contribution is -2.33. The topological polar surface area (TPSA) is 79.3 Å². The lowest BCUT2D eigenvalue weighted by Gasteiger charge is -2.15. The lowest BCUT2D eigenvalue weighted by atomic mass is 9.96. The van der Waals surface area contributed by atoms with Gasteiger partial charge in [-0.05, 0) is 18.8 Å². The SMILES string of the molecule is O=C(NCC1CCCC1C(=O)O)c1cscn1. The fourth-order valence-electron chi connectivity index (χ4n) is 2.25. The molecule has 2 rings (SSSR count). The molecule has 0 saturated heterocycles. The first-order valence-corrected chi connectivity index (χ1v) is 6.52. The molecule has 0 radical (unpaired) electrons. The van der Waals surface area contributed by atoms with Crippen molar-refractivity contribution >= 4 is 23.2 Å². The molecule has 1 fully saturated rings. The summed E-state index contributed by atoms with van der Waals surface area (Å²) in [6.07, 6.45) is 2.51. The molecule has 1 saturated carbocycles. The number of amides is 1. The van der Waals surface area contributed by atoms with Gasteiger partial charge in [0.25, 0.3) is 5.91 Å². The third-order valence-corrected chi connectivity index (χ3v) is 3.75. The number of rotatable bonds is 4. The number of nitrogens with one attached hydrogen (secondary N) is 1. The van der Waals surface area contributed by atoms with Crippen LogP contribution in [-0.2, 0) is 4.79 Å². The van der Waals surface area contributed by atoms with Crippen LogP contribution >= 0.6 is 11.3 Å². The Morgan fingerprint density at radius 3 is 3.00 bits per heavy atom. The molecule has 1 amide bonds. The van der Waals surface area contributed by atoms with Gasteiger partial charge in [0.2, 0.25) is 0 Å². The van der Waals surface area contributed by atoms with E-state index in [1.54, 1.807) is 10.9 Å². The first-order valence-electron chi connectivity index (χ1n) is 5.57. The summed E-state index contributed by atoms with van der Waals surface area (Å²) < 4.78 is 0. The molecule has 0 aliphatic heterocycles. The Balaban J connectivity index is 1.86. The second-order valence-electron chi connectivity index (χ2n) is 4.22. The zero-order valence-electron chi connectivity index (χ0n) is 9.26. The molecule has 6 heteroatoms. The van der Waals surface area contributed by atoms with Crippen molar-refractivity contribution in [2.75, 3.05) is 6.54 Å². The fourth-order valence-corrected chi connectivity index (χ4v) is 2.78. The molecular weight excluding hydrogens is 240 g/mol. The molecule has 92 valence electrons. The molecule has 0 bridgehead atoms. The van der Waals surface area contributed by atoms with Gasteiger partial charge in [0.05, 0.1) is 11.4 Å². The monoisotopic (exact) mass is 254 g/mol. The normalized spacial score (nSPS) is 23.5. The van der Waals surface area contributed by atoms with Crippen LogP contribution in [0.15, 0.2) is 10.9 Å². The average molecular weight is 254 g/mol. The Kier molecular flexibility index (Phi) is 3.73. The van der Waals surface area contributed by atoms with Gasteiger partial charge in [-0.2, -0.15) is 0 Å². The van der Waals surface area contributed by atoms with Crippen molar-refractivity contribution in [2.45, 2.75) is 19.3 Å². The quantitative estimate of drug-likeness (QED) is 0.850. The van der Waals surface area contributed by atoms with Crippen LogP contribution in [0.5, 0.6) is 0 Å². The summed E-state index contributed by atoms with van der Waals surface area (Å²) >= 11 is 1.37. The van der Waals surface area contributed by atoms with E-state index in [0.29, 0.717) is 18.7 Å². The maximum absolute atomic E-state index is 11.6. The Morgan fingerprint density at radius 2 is 2.35 bits per heavy atom. The molecule has 1 aliphatic rings. The minimum atomic E-state index is -0.754. The minimum absolute atomic E-state index is 0.0510. The van der Waals surface area contributed by atoms with Gasteiger partial charge in [0, 0.05) is 11.9 Å². The summed E-state index contributed by atoms with van der Waals surface area (Å²) in [6.45, 7) is 0.424. The number of hydrogen-bond acceptors (Lipinski definition) is 4. The number of carboxylic acid groups (broad SMARTS) is 1. The molecule has 1 aliphatic carbocycles. The maximum Gasteiger partial charge on any atom is 0.306 e. The molecule has 1 heterocycles. The van der Waals surface area contributed by atoms with Gasteiger partial charge >= 0.3 is 5.97 Å². The largest absolute Gasteiger partial charge is 0.481 e. The molecule has 17 heavy (non-hydrogen) atoms. The third-order valence-electron chi connectivity index (χ3n) is 3.17. The fraction of sp³-hybridized carbons (Fsp3) is 0.545. The van der Waals surface area contributed by atoms with Crippen LogP contribution in [0.3, 0.4) is 0 Å². The van der Waals surface area contributed by atoms with Gasteiger partial charge in [-0.1, -0.05) is 6.42 Å². The number of aliphatic carboxylic acids is 1. The number of carbonyl (C=O) groups is 2. The van der Waals surface area contributed by atoms with E-state index in [0.717, 1.165) is 12.8 Å². The lowest BCUT2D eigenvalue weighted by molar-refractivity contribution is -0.142. The molecule has 5 nitrogen and oxygen atoms in total. The summed E-state index contributed by atoms with van der Waals surface area (Å²) in [5, 5.41) is 13.4. The average Bonchev–Trinajstić information content (AvgIpc) is 2.96. The molecule has 2 unspecified atom stereocenters. The van der Waals surface area contributed by atoms with Crippen molar-refractivity contribution in [3.8, 4) is 0 Å². The summed E-state index contributed by atoms with van der Waals surface area (Å²) in [4.78, 5) is 26.5. The van der Waals surface area contributed by atoms with Crippen molar-refractivity contribution in [1.82, 2.24) is 10.3 Å². The van der Waals surface area contributed by atoms with Gasteiger partial charge in [-0.3, -0.25) is 9.59 Å². The smallest absolute Gasteiger partial charge is 0.306 e. The Morgan fingerprint density at radius 1 is 1.53 bits per heavy atom. The summed E-state index contributed by atoms with van der Waals surface area (Å²) in [7, 11) is 0. The van der Waals surface area contributed by atoms with E-state index in [9.17, 15) is 9.59 Å². The molecule has 2 atom stereocenters. The second kappa shape index (κ2) is 5.27. The highest BCUT2D eigenvalue weighted by atomic mass is 32.1. The zero-order chi connectivity index (χ0) is 12.3. The van der Waals surface area contributed by atoms with Crippen LogP contribution in [0.25, 0.3) is 0 Å². The van der Waals surface area contributed by atoms with Crippen molar-refractivity contribution in [2.24, 2.45) is 11.8 Å². The minimum Gasteiger partial charge on any atom is -0.481 e. The van der Waals surface area contributed by atoms with Gasteiger partial charge in [0.1, 0.15) is 5.69 Å². The first-order chi connectivity index (χ1) is 8.18.